The Morgan fingerprint density at radius 2 is 2.08 bits per heavy atom. The molecule has 1 fully saturated rings. The molecule has 124 valence electrons. The van der Waals surface area contributed by atoms with Crippen molar-refractivity contribution in [1.82, 2.24) is 10.2 Å². The van der Waals surface area contributed by atoms with Crippen LogP contribution in [0.4, 0.5) is 0 Å². The zero-order valence-corrected chi connectivity index (χ0v) is 14.5. The summed E-state index contributed by atoms with van der Waals surface area (Å²) < 4.78 is 0. The van der Waals surface area contributed by atoms with E-state index >= 15 is 0 Å². The van der Waals surface area contributed by atoms with E-state index < -0.39 is 6.17 Å². The van der Waals surface area contributed by atoms with Gasteiger partial charge >= 0.3 is 0 Å². The van der Waals surface area contributed by atoms with Gasteiger partial charge in [-0.25, -0.2) is 4.99 Å². The van der Waals surface area contributed by atoms with E-state index in [0.29, 0.717) is 25.1 Å². The van der Waals surface area contributed by atoms with Crippen molar-refractivity contribution < 1.29 is 9.59 Å². The van der Waals surface area contributed by atoms with E-state index in [-0.39, 0.29) is 5.91 Å². The topological polar surface area (TPSA) is 61.8 Å². The summed E-state index contributed by atoms with van der Waals surface area (Å²) in [6.07, 6.45) is 11.0. The number of aliphatic imine (C=N–C) groups is 1. The number of amides is 2. The third kappa shape index (κ3) is 3.69. The Morgan fingerprint density at radius 1 is 1.29 bits per heavy atom. The predicted molar refractivity (Wildman–Crippen MR) is 100 cm³/mol. The summed E-state index contributed by atoms with van der Waals surface area (Å²) in [6, 6.07) is 0. The zero-order valence-electron chi connectivity index (χ0n) is 13.3. The van der Waals surface area contributed by atoms with Gasteiger partial charge in [0.1, 0.15) is 0 Å². The number of carbonyl (C=O) groups is 2. The molecular weight excluding hydrogens is 321 g/mol. The van der Waals surface area contributed by atoms with Crippen molar-refractivity contribution in [2.75, 3.05) is 6.54 Å². The average Bonchev–Trinajstić information content (AvgIpc) is 2.91. The lowest BCUT2D eigenvalue weighted by molar-refractivity contribution is -0.131. The molecule has 0 aromatic rings. The molecule has 1 saturated heterocycles. The number of hydrogen-bond acceptors (Lipinski definition) is 3. The van der Waals surface area contributed by atoms with Gasteiger partial charge in [0.2, 0.25) is 12.6 Å². The van der Waals surface area contributed by atoms with Gasteiger partial charge in [0.05, 0.1) is 11.4 Å². The first kappa shape index (κ1) is 17.8. The molecule has 2 aliphatic heterocycles. The van der Waals surface area contributed by atoms with Gasteiger partial charge in [-0.15, -0.1) is 9.24 Å². The van der Waals surface area contributed by atoms with Crippen LogP contribution in [-0.4, -0.2) is 35.6 Å². The highest BCUT2D eigenvalue weighted by molar-refractivity contribution is 7.20. The largest absolute Gasteiger partial charge is 0.329 e. The lowest BCUT2D eigenvalue weighted by Gasteiger charge is -2.20. The molecule has 2 unspecified atom stereocenters. The van der Waals surface area contributed by atoms with E-state index in [1.165, 1.54) is 0 Å². The molecule has 1 N–H and O–H groups in total. The quantitative estimate of drug-likeness (QED) is 0.458. The van der Waals surface area contributed by atoms with Crippen LogP contribution in [0.3, 0.4) is 0 Å². The van der Waals surface area contributed by atoms with Crippen LogP contribution < -0.4 is 5.32 Å². The third-order valence-corrected chi connectivity index (χ3v) is 3.83. The molecule has 0 aromatic heterocycles. The molecule has 2 rings (SSSR count). The minimum Gasteiger partial charge on any atom is -0.329 e. The van der Waals surface area contributed by atoms with Gasteiger partial charge in [-0.1, -0.05) is 49.4 Å². The lowest BCUT2D eigenvalue weighted by atomic mass is 10.0. The maximum atomic E-state index is 12.7. The summed E-state index contributed by atoms with van der Waals surface area (Å²) in [6.45, 7) is 8.23. The van der Waals surface area contributed by atoms with Crippen LogP contribution in [-0.2, 0) is 9.59 Å². The molecule has 0 aromatic carbocycles. The Bertz CT molecular complexity index is 714. The molecular formula is C18H20N3O2P. The van der Waals surface area contributed by atoms with Crippen LogP contribution in [0, 0.1) is 0 Å². The van der Waals surface area contributed by atoms with Gasteiger partial charge in [0, 0.05) is 12.1 Å². The van der Waals surface area contributed by atoms with Gasteiger partial charge in [-0.2, -0.15) is 0 Å². The number of hydrogen-bond donors (Lipinski definition) is 1. The van der Waals surface area contributed by atoms with E-state index in [1.807, 2.05) is 24.0 Å². The van der Waals surface area contributed by atoms with Crippen LogP contribution in [0.5, 0.6) is 0 Å². The Hall–Kier alpha value is -2.52. The fourth-order valence-corrected chi connectivity index (χ4v) is 2.81. The highest BCUT2D eigenvalue weighted by Crippen LogP contribution is 2.33. The first-order chi connectivity index (χ1) is 11.6. The Kier molecular flexibility index (Phi) is 6.21. The lowest BCUT2D eigenvalue weighted by Crippen LogP contribution is -2.42. The van der Waals surface area contributed by atoms with E-state index in [4.69, 9.17) is 0 Å². The van der Waals surface area contributed by atoms with Crippen molar-refractivity contribution in [3.05, 3.63) is 72.3 Å². The summed E-state index contributed by atoms with van der Waals surface area (Å²) in [5.74, 6) is 1.56. The Morgan fingerprint density at radius 3 is 2.75 bits per heavy atom. The predicted octanol–water partition coefficient (Wildman–Crippen LogP) is 2.24. The van der Waals surface area contributed by atoms with E-state index in [0.717, 1.165) is 16.8 Å². The fraction of sp³-hybridized carbons (Fsp3) is 0.167. The number of nitrogens with zero attached hydrogens (tertiary/aromatic N) is 2. The van der Waals surface area contributed by atoms with E-state index in [9.17, 15) is 9.59 Å². The van der Waals surface area contributed by atoms with Crippen molar-refractivity contribution >= 4 is 27.3 Å². The first-order valence-corrected chi connectivity index (χ1v) is 8.16. The number of rotatable bonds is 6. The normalized spacial score (nSPS) is 21.6. The molecule has 5 nitrogen and oxygen atoms in total. The van der Waals surface area contributed by atoms with Gasteiger partial charge in [-0.3, -0.25) is 9.59 Å². The van der Waals surface area contributed by atoms with Gasteiger partial charge in [0.25, 0.3) is 5.91 Å². The monoisotopic (exact) mass is 341 g/mol. The second-order valence-corrected chi connectivity index (χ2v) is 5.53. The van der Waals surface area contributed by atoms with E-state index in [1.54, 1.807) is 23.1 Å². The summed E-state index contributed by atoms with van der Waals surface area (Å²) in [5.41, 5.74) is 3.07. The SMILES string of the molecule is C=C/C=C\C=C\C1=NC(NC=O)C(=O)N2CCC(=C)C2=C1/C=C/P. The van der Waals surface area contributed by atoms with E-state index in [2.05, 4.69) is 32.7 Å². The van der Waals surface area contributed by atoms with Crippen LogP contribution in [0.25, 0.3) is 0 Å². The van der Waals surface area contributed by atoms with Crippen LogP contribution in [0.2, 0.25) is 0 Å². The second kappa shape index (κ2) is 8.37. The highest BCUT2D eigenvalue weighted by atomic mass is 31.0. The van der Waals surface area contributed by atoms with Gasteiger partial charge in [0.15, 0.2) is 0 Å². The summed E-state index contributed by atoms with van der Waals surface area (Å²) in [5, 5.41) is 2.48. The van der Waals surface area contributed by atoms with Crippen molar-refractivity contribution in [3.63, 3.8) is 0 Å². The number of nitrogens with one attached hydrogen (secondary N) is 1. The molecule has 2 amide bonds. The molecule has 0 bridgehead atoms. The molecule has 0 saturated carbocycles. The standard InChI is InChI=1S/C18H20N3O2P/c1-3-4-5-6-7-15-14(9-11-24)16-13(2)8-10-21(16)18(23)17(20-15)19-12-22/h3-7,9,11-12,17H,1-2,8,10,24H2,(H,19,22)/b5-4-,7-6+,11-9+. The number of fused-ring (bicyclic) bond motifs is 1. The molecule has 6 heteroatoms. The minimum absolute atomic E-state index is 0.254. The molecule has 2 heterocycles. The minimum atomic E-state index is -0.943. The summed E-state index contributed by atoms with van der Waals surface area (Å²) >= 11 is 0. The maximum absolute atomic E-state index is 12.7. The molecule has 0 spiro atoms. The molecule has 0 radical (unpaired) electrons. The van der Waals surface area contributed by atoms with Crippen molar-refractivity contribution in [1.29, 1.82) is 0 Å². The number of carbonyl (C=O) groups excluding carboxylic acids is 2. The van der Waals surface area contributed by atoms with Crippen molar-refractivity contribution in [2.24, 2.45) is 4.99 Å². The fourth-order valence-electron chi connectivity index (χ4n) is 2.61. The molecule has 24 heavy (non-hydrogen) atoms. The molecule has 2 aliphatic rings. The van der Waals surface area contributed by atoms with Crippen molar-refractivity contribution in [2.45, 2.75) is 12.6 Å². The number of allylic oxidation sites excluding steroid dienone is 8. The highest BCUT2D eigenvalue weighted by Gasteiger charge is 2.36. The smallest absolute Gasteiger partial charge is 0.272 e. The van der Waals surface area contributed by atoms with Crippen molar-refractivity contribution in [3.8, 4) is 0 Å². The van der Waals surface area contributed by atoms with Gasteiger partial charge < -0.3 is 10.2 Å². The van der Waals surface area contributed by atoms with Gasteiger partial charge in [-0.05, 0) is 18.1 Å². The second-order valence-electron chi connectivity index (χ2n) is 5.15. The maximum Gasteiger partial charge on any atom is 0.272 e. The third-order valence-electron chi connectivity index (χ3n) is 3.64. The summed E-state index contributed by atoms with van der Waals surface area (Å²) in [4.78, 5) is 29.6. The molecule has 2 atom stereocenters. The van der Waals surface area contributed by atoms with Crippen LogP contribution in [0.15, 0.2) is 77.3 Å². The summed E-state index contributed by atoms with van der Waals surface area (Å²) in [7, 11) is 2.52. The Labute approximate surface area is 144 Å². The Balaban J connectivity index is 2.59. The average molecular weight is 341 g/mol. The zero-order chi connectivity index (χ0) is 17.5. The van der Waals surface area contributed by atoms with Crippen LogP contribution in [0.1, 0.15) is 6.42 Å². The molecule has 0 aliphatic carbocycles. The first-order valence-electron chi connectivity index (χ1n) is 7.49. The van der Waals surface area contributed by atoms with Crippen LogP contribution >= 0.6 is 9.24 Å².